The Labute approximate surface area is 121 Å². The van der Waals surface area contributed by atoms with Crippen molar-refractivity contribution in [2.45, 2.75) is 26.3 Å². The molecule has 3 nitrogen and oxygen atoms in total. The summed E-state index contributed by atoms with van der Waals surface area (Å²) in [6, 6.07) is 3.25. The lowest BCUT2D eigenvalue weighted by Gasteiger charge is -2.44. The van der Waals surface area contributed by atoms with Gasteiger partial charge in [-0.1, -0.05) is 25.2 Å². The molecule has 0 spiro atoms. The van der Waals surface area contributed by atoms with Crippen molar-refractivity contribution in [3.8, 4) is 0 Å². The molecule has 0 aliphatic heterocycles. The molecule has 0 radical (unpaired) electrons. The third kappa shape index (κ3) is 2.65. The van der Waals surface area contributed by atoms with Crippen LogP contribution < -0.4 is 11.1 Å². The molecule has 1 amide bonds. The molecule has 1 aromatic carbocycles. The molecule has 0 aromatic heterocycles. The van der Waals surface area contributed by atoms with Gasteiger partial charge in [0.05, 0.1) is 10.4 Å². The molecule has 0 heterocycles. The highest BCUT2D eigenvalue weighted by atomic mass is 32.1. The standard InChI is InChI=1S/C14H16F2N2OS/c1-8-5-14(6-8,12(17)20)13(19)18-7-9-2-3-10(15)4-11(9)16/h2-4,8H,5-7H2,1H3,(H2,17,20)(H,18,19). The second-order valence-corrected chi connectivity index (χ2v) is 5.82. The van der Waals surface area contributed by atoms with E-state index in [9.17, 15) is 13.6 Å². The van der Waals surface area contributed by atoms with Gasteiger partial charge in [-0.15, -0.1) is 0 Å². The number of carbonyl (C=O) groups is 1. The lowest BCUT2D eigenvalue weighted by Crippen LogP contribution is -2.55. The Bertz CT molecular complexity index is 556. The molecule has 1 fully saturated rings. The van der Waals surface area contributed by atoms with E-state index >= 15 is 0 Å². The largest absolute Gasteiger partial charge is 0.392 e. The van der Waals surface area contributed by atoms with Crippen molar-refractivity contribution in [2.75, 3.05) is 0 Å². The highest BCUT2D eigenvalue weighted by Gasteiger charge is 2.50. The van der Waals surface area contributed by atoms with Crippen molar-refractivity contribution in [2.24, 2.45) is 17.1 Å². The van der Waals surface area contributed by atoms with E-state index < -0.39 is 17.0 Å². The molecule has 1 aliphatic carbocycles. The van der Waals surface area contributed by atoms with Crippen molar-refractivity contribution >= 4 is 23.1 Å². The first-order valence-corrected chi connectivity index (χ1v) is 6.78. The first-order valence-electron chi connectivity index (χ1n) is 6.37. The first kappa shape index (κ1) is 14.8. The molecule has 1 aromatic rings. The highest BCUT2D eigenvalue weighted by molar-refractivity contribution is 7.80. The van der Waals surface area contributed by atoms with Gasteiger partial charge in [0.25, 0.3) is 0 Å². The Hall–Kier alpha value is -1.56. The average Bonchev–Trinajstić information content (AvgIpc) is 2.32. The van der Waals surface area contributed by atoms with E-state index in [1.54, 1.807) is 0 Å². The topological polar surface area (TPSA) is 55.1 Å². The lowest BCUT2D eigenvalue weighted by atomic mass is 9.62. The zero-order chi connectivity index (χ0) is 14.9. The minimum atomic E-state index is -0.814. The number of thiocarbonyl (C=S) groups is 1. The van der Waals surface area contributed by atoms with E-state index in [-0.39, 0.29) is 23.0 Å². The van der Waals surface area contributed by atoms with Crippen LogP contribution in [0.25, 0.3) is 0 Å². The maximum absolute atomic E-state index is 13.5. The van der Waals surface area contributed by atoms with Crippen molar-refractivity contribution in [1.82, 2.24) is 5.32 Å². The quantitative estimate of drug-likeness (QED) is 0.839. The van der Waals surface area contributed by atoms with Crippen LogP contribution in [0.15, 0.2) is 18.2 Å². The fraction of sp³-hybridized carbons (Fsp3) is 0.429. The number of halogens is 2. The fourth-order valence-electron chi connectivity index (χ4n) is 2.64. The maximum atomic E-state index is 13.5. The molecular formula is C14H16F2N2OS. The summed E-state index contributed by atoms with van der Waals surface area (Å²) < 4.78 is 26.3. The number of rotatable bonds is 4. The summed E-state index contributed by atoms with van der Waals surface area (Å²) in [6.07, 6.45) is 1.22. The second-order valence-electron chi connectivity index (χ2n) is 5.38. The van der Waals surface area contributed by atoms with Gasteiger partial charge in [-0.05, 0) is 24.8 Å². The summed E-state index contributed by atoms with van der Waals surface area (Å²) in [5.74, 6) is -1.22. The van der Waals surface area contributed by atoms with Gasteiger partial charge in [-0.3, -0.25) is 4.79 Å². The summed E-state index contributed by atoms with van der Waals surface area (Å²) in [5, 5.41) is 2.64. The normalized spacial score (nSPS) is 24.9. The predicted molar refractivity (Wildman–Crippen MR) is 75.8 cm³/mol. The zero-order valence-corrected chi connectivity index (χ0v) is 11.9. The van der Waals surface area contributed by atoms with Crippen LogP contribution in [0, 0.1) is 23.0 Å². The van der Waals surface area contributed by atoms with E-state index in [0.29, 0.717) is 18.8 Å². The number of hydrogen-bond donors (Lipinski definition) is 2. The number of carbonyl (C=O) groups excluding carboxylic acids is 1. The Morgan fingerprint density at radius 3 is 2.65 bits per heavy atom. The van der Waals surface area contributed by atoms with Crippen molar-refractivity contribution in [3.05, 3.63) is 35.4 Å². The Morgan fingerprint density at radius 2 is 2.15 bits per heavy atom. The minimum Gasteiger partial charge on any atom is -0.392 e. The molecule has 0 unspecified atom stereocenters. The number of hydrogen-bond acceptors (Lipinski definition) is 2. The SMILES string of the molecule is CC1CC(C(=O)NCc2ccc(F)cc2F)(C(N)=S)C1. The van der Waals surface area contributed by atoms with Crippen LogP contribution in [0.5, 0.6) is 0 Å². The molecule has 3 N–H and O–H groups in total. The van der Waals surface area contributed by atoms with E-state index in [4.69, 9.17) is 18.0 Å². The number of benzene rings is 1. The molecular weight excluding hydrogens is 282 g/mol. The third-order valence-electron chi connectivity index (χ3n) is 3.75. The van der Waals surface area contributed by atoms with Crippen LogP contribution in [-0.4, -0.2) is 10.9 Å². The van der Waals surface area contributed by atoms with Crippen LogP contribution in [0.2, 0.25) is 0 Å². The summed E-state index contributed by atoms with van der Waals surface area (Å²) in [6.45, 7) is 2.01. The summed E-state index contributed by atoms with van der Waals surface area (Å²) in [4.78, 5) is 12.4. The Balaban J connectivity index is 2.03. The van der Waals surface area contributed by atoms with Gasteiger partial charge < -0.3 is 11.1 Å². The summed E-state index contributed by atoms with van der Waals surface area (Å²) in [5.41, 5.74) is 5.07. The van der Waals surface area contributed by atoms with Gasteiger partial charge in [0, 0.05) is 18.2 Å². The predicted octanol–water partition coefficient (Wildman–Crippen LogP) is 2.28. The lowest BCUT2D eigenvalue weighted by molar-refractivity contribution is -0.133. The van der Waals surface area contributed by atoms with E-state index in [1.165, 1.54) is 6.07 Å². The van der Waals surface area contributed by atoms with Crippen LogP contribution in [0.3, 0.4) is 0 Å². The van der Waals surface area contributed by atoms with Crippen LogP contribution in [-0.2, 0) is 11.3 Å². The minimum absolute atomic E-state index is 0.0102. The molecule has 20 heavy (non-hydrogen) atoms. The first-order chi connectivity index (χ1) is 9.35. The second kappa shape index (κ2) is 5.44. The van der Waals surface area contributed by atoms with E-state index in [0.717, 1.165) is 12.1 Å². The fourth-order valence-corrected chi connectivity index (χ4v) is 2.90. The number of nitrogens with two attached hydrogens (primary N) is 1. The van der Waals surface area contributed by atoms with Crippen molar-refractivity contribution in [1.29, 1.82) is 0 Å². The van der Waals surface area contributed by atoms with Crippen LogP contribution >= 0.6 is 12.2 Å². The summed E-state index contributed by atoms with van der Waals surface area (Å²) >= 11 is 4.98. The molecule has 0 atom stereocenters. The Kier molecular flexibility index (Phi) is 4.04. The van der Waals surface area contributed by atoms with Gasteiger partial charge >= 0.3 is 0 Å². The van der Waals surface area contributed by atoms with Crippen LogP contribution in [0.4, 0.5) is 8.78 Å². The molecule has 1 aliphatic rings. The van der Waals surface area contributed by atoms with Gasteiger partial charge in [-0.25, -0.2) is 8.78 Å². The third-order valence-corrected chi connectivity index (χ3v) is 4.15. The number of amides is 1. The molecule has 1 saturated carbocycles. The van der Waals surface area contributed by atoms with Crippen molar-refractivity contribution in [3.63, 3.8) is 0 Å². The van der Waals surface area contributed by atoms with Gasteiger partial charge in [-0.2, -0.15) is 0 Å². The monoisotopic (exact) mass is 298 g/mol. The number of nitrogens with one attached hydrogen (secondary N) is 1. The smallest absolute Gasteiger partial charge is 0.233 e. The summed E-state index contributed by atoms with van der Waals surface area (Å²) in [7, 11) is 0. The van der Waals surface area contributed by atoms with E-state index in [2.05, 4.69) is 5.32 Å². The molecule has 108 valence electrons. The Morgan fingerprint density at radius 1 is 1.50 bits per heavy atom. The highest BCUT2D eigenvalue weighted by Crippen LogP contribution is 2.46. The van der Waals surface area contributed by atoms with E-state index in [1.807, 2.05) is 6.92 Å². The molecule has 0 saturated heterocycles. The van der Waals surface area contributed by atoms with Crippen molar-refractivity contribution < 1.29 is 13.6 Å². The maximum Gasteiger partial charge on any atom is 0.233 e. The van der Waals surface area contributed by atoms with Crippen LogP contribution in [0.1, 0.15) is 25.3 Å². The van der Waals surface area contributed by atoms with Gasteiger partial charge in [0.2, 0.25) is 5.91 Å². The molecule has 0 bridgehead atoms. The van der Waals surface area contributed by atoms with Gasteiger partial charge in [0.1, 0.15) is 11.6 Å². The molecule has 2 rings (SSSR count). The average molecular weight is 298 g/mol. The van der Waals surface area contributed by atoms with Gasteiger partial charge in [0.15, 0.2) is 0 Å². The zero-order valence-electron chi connectivity index (χ0n) is 11.1. The molecule has 6 heteroatoms.